The molecule has 0 bridgehead atoms. The third-order valence-electron chi connectivity index (χ3n) is 6.18. The Hall–Kier alpha value is -3.65. The fourth-order valence-electron chi connectivity index (χ4n) is 4.53. The number of guanidine groups is 1. The highest BCUT2D eigenvalue weighted by molar-refractivity contribution is 6.16. The van der Waals surface area contributed by atoms with E-state index in [1.165, 1.54) is 9.80 Å². The number of para-hydroxylation sites is 1. The molecule has 0 saturated carbocycles. The van der Waals surface area contributed by atoms with E-state index in [9.17, 15) is 14.7 Å². The van der Waals surface area contributed by atoms with Gasteiger partial charge in [-0.05, 0) is 25.0 Å². The van der Waals surface area contributed by atoms with Crippen molar-refractivity contribution in [1.82, 2.24) is 14.7 Å². The number of rotatable bonds is 5. The van der Waals surface area contributed by atoms with Crippen LogP contribution >= 0.6 is 0 Å². The number of aliphatic hydroxyl groups excluding tert-OH is 1. The smallest absolute Gasteiger partial charge is 0.328 e. The van der Waals surface area contributed by atoms with Gasteiger partial charge >= 0.3 is 6.03 Å². The molecule has 1 N–H and O–H groups in total. The lowest BCUT2D eigenvalue weighted by molar-refractivity contribution is -0.136. The van der Waals surface area contributed by atoms with Crippen LogP contribution in [0.3, 0.4) is 0 Å². The molecule has 0 aliphatic carbocycles. The van der Waals surface area contributed by atoms with E-state index in [0.29, 0.717) is 12.4 Å². The van der Waals surface area contributed by atoms with Crippen LogP contribution in [0.5, 0.6) is 0 Å². The highest BCUT2D eigenvalue weighted by atomic mass is 16.3. The fourth-order valence-corrected chi connectivity index (χ4v) is 4.53. The molecule has 1 fully saturated rings. The molecule has 8 heteroatoms. The minimum Gasteiger partial charge on any atom is -0.396 e. The van der Waals surface area contributed by atoms with Crippen molar-refractivity contribution in [3.8, 4) is 0 Å². The van der Waals surface area contributed by atoms with Gasteiger partial charge in [0, 0.05) is 32.0 Å². The number of aliphatic hydroxyl groups is 1. The van der Waals surface area contributed by atoms with E-state index in [2.05, 4.69) is 4.90 Å². The summed E-state index contributed by atoms with van der Waals surface area (Å²) >= 11 is 0. The normalized spacial score (nSPS) is 22.2. The van der Waals surface area contributed by atoms with E-state index >= 15 is 0 Å². The number of carbonyl (C=O) groups is 2. The molecule has 3 amide bonds. The van der Waals surface area contributed by atoms with Gasteiger partial charge in [-0.15, -0.1) is 0 Å². The quantitative estimate of drug-likeness (QED) is 0.787. The maximum atomic E-state index is 13.4. The predicted molar refractivity (Wildman–Crippen MR) is 122 cm³/mol. The van der Waals surface area contributed by atoms with Gasteiger partial charge in [-0.1, -0.05) is 48.5 Å². The first-order chi connectivity index (χ1) is 15.5. The maximum Gasteiger partial charge on any atom is 0.328 e. The second-order valence-electron chi connectivity index (χ2n) is 8.16. The van der Waals surface area contributed by atoms with Crippen LogP contribution in [0.25, 0.3) is 5.70 Å². The average Bonchev–Trinajstić information content (AvgIpc) is 3.35. The molecular formula is C24H25N5O3. The monoisotopic (exact) mass is 431 g/mol. The average molecular weight is 431 g/mol. The molecule has 2 aromatic carbocycles. The van der Waals surface area contributed by atoms with E-state index in [0.717, 1.165) is 22.5 Å². The topological polar surface area (TPSA) is 79.7 Å². The first-order valence-corrected chi connectivity index (χ1v) is 10.7. The van der Waals surface area contributed by atoms with Crippen LogP contribution in [0.2, 0.25) is 0 Å². The van der Waals surface area contributed by atoms with Crippen LogP contribution in [0.1, 0.15) is 17.5 Å². The molecule has 1 saturated heterocycles. The molecule has 3 aliphatic heterocycles. The molecular weight excluding hydrogens is 406 g/mol. The summed E-state index contributed by atoms with van der Waals surface area (Å²) in [6.07, 6.45) is 1.70. The fraction of sp³-hybridized carbons (Fsp3) is 0.292. The molecule has 2 aromatic rings. The Balaban J connectivity index is 1.61. The molecule has 32 heavy (non-hydrogen) atoms. The zero-order valence-electron chi connectivity index (χ0n) is 18.0. The number of aryl methyl sites for hydroxylation is 1. The van der Waals surface area contributed by atoms with Crippen molar-refractivity contribution in [3.05, 3.63) is 71.9 Å². The molecule has 164 valence electrons. The summed E-state index contributed by atoms with van der Waals surface area (Å²) in [5.41, 5.74) is 3.98. The molecule has 2 atom stereocenters. The van der Waals surface area contributed by atoms with Crippen molar-refractivity contribution in [1.29, 1.82) is 0 Å². The van der Waals surface area contributed by atoms with Gasteiger partial charge in [0.05, 0.1) is 11.4 Å². The molecule has 3 aliphatic rings. The van der Waals surface area contributed by atoms with Crippen molar-refractivity contribution < 1.29 is 14.7 Å². The number of likely N-dealkylation sites (N-methyl/N-ethyl adjacent to an activating group) is 1. The van der Waals surface area contributed by atoms with Gasteiger partial charge in [0.1, 0.15) is 0 Å². The van der Waals surface area contributed by atoms with Crippen molar-refractivity contribution in [3.63, 3.8) is 0 Å². The number of aliphatic imine (C=N–C) groups is 1. The molecule has 8 nitrogen and oxygen atoms in total. The van der Waals surface area contributed by atoms with Crippen LogP contribution < -0.4 is 4.90 Å². The number of urea groups is 1. The summed E-state index contributed by atoms with van der Waals surface area (Å²) < 4.78 is 0. The second-order valence-corrected chi connectivity index (χ2v) is 8.16. The summed E-state index contributed by atoms with van der Waals surface area (Å²) in [7, 11) is 1.67. The van der Waals surface area contributed by atoms with E-state index < -0.39 is 12.2 Å². The molecule has 0 aromatic heterocycles. The Kier molecular flexibility index (Phi) is 4.94. The maximum absolute atomic E-state index is 13.4. The van der Waals surface area contributed by atoms with Gasteiger partial charge < -0.3 is 10.0 Å². The van der Waals surface area contributed by atoms with Crippen LogP contribution in [-0.4, -0.2) is 70.1 Å². The number of hydrogen-bond acceptors (Lipinski definition) is 6. The third-order valence-corrected chi connectivity index (χ3v) is 6.18. The van der Waals surface area contributed by atoms with Crippen LogP contribution in [0.15, 0.2) is 65.8 Å². The van der Waals surface area contributed by atoms with Gasteiger partial charge in [0.25, 0.3) is 5.91 Å². The van der Waals surface area contributed by atoms with Gasteiger partial charge in [0.2, 0.25) is 5.96 Å². The van der Waals surface area contributed by atoms with Gasteiger partial charge in [-0.25, -0.2) is 9.79 Å². The van der Waals surface area contributed by atoms with Crippen molar-refractivity contribution in [2.75, 3.05) is 25.1 Å². The summed E-state index contributed by atoms with van der Waals surface area (Å²) in [6, 6.07) is 17.0. The van der Waals surface area contributed by atoms with E-state index in [-0.39, 0.29) is 25.1 Å². The van der Waals surface area contributed by atoms with E-state index in [4.69, 9.17) is 4.99 Å². The molecule has 2 unspecified atom stereocenters. The summed E-state index contributed by atoms with van der Waals surface area (Å²) in [6.45, 7) is 2.14. The Morgan fingerprint density at radius 1 is 1.03 bits per heavy atom. The highest BCUT2D eigenvalue weighted by Gasteiger charge is 2.54. The number of nitrogens with zero attached hydrogens (tertiary/aromatic N) is 5. The molecule has 3 heterocycles. The summed E-state index contributed by atoms with van der Waals surface area (Å²) in [5.74, 6) is 0.339. The predicted octanol–water partition coefficient (Wildman–Crippen LogP) is 2.46. The van der Waals surface area contributed by atoms with Gasteiger partial charge in [-0.3, -0.25) is 19.5 Å². The minimum absolute atomic E-state index is 0.0839. The SMILES string of the molecule is Cc1ccccc1N1C(c2ccccc2)=CN2C1=NC1C2C(=O)N(CCCO)C(=O)N1C. The lowest BCUT2D eigenvalue weighted by Crippen LogP contribution is -2.64. The Morgan fingerprint density at radius 3 is 2.47 bits per heavy atom. The first kappa shape index (κ1) is 20.3. The highest BCUT2D eigenvalue weighted by Crippen LogP contribution is 2.40. The van der Waals surface area contributed by atoms with Crippen molar-refractivity contribution in [2.45, 2.75) is 25.6 Å². The summed E-state index contributed by atoms with van der Waals surface area (Å²) in [5, 5.41) is 9.21. The van der Waals surface area contributed by atoms with Crippen molar-refractivity contribution >= 4 is 29.3 Å². The van der Waals surface area contributed by atoms with Gasteiger partial charge in [0.15, 0.2) is 12.2 Å². The lowest BCUT2D eigenvalue weighted by atomic mass is 10.1. The number of hydrogen-bond donors (Lipinski definition) is 1. The number of carbonyl (C=O) groups excluding carboxylic acids is 2. The first-order valence-electron chi connectivity index (χ1n) is 10.7. The van der Waals surface area contributed by atoms with E-state index in [1.54, 1.807) is 7.05 Å². The van der Waals surface area contributed by atoms with Crippen LogP contribution in [0, 0.1) is 6.92 Å². The Labute approximate surface area is 186 Å². The number of anilines is 1. The number of amides is 3. The number of imide groups is 1. The minimum atomic E-state index is -0.640. The van der Waals surface area contributed by atoms with Crippen LogP contribution in [0.4, 0.5) is 10.5 Å². The molecule has 5 rings (SSSR count). The summed E-state index contributed by atoms with van der Waals surface area (Å²) in [4.78, 5) is 37.8. The van der Waals surface area contributed by atoms with E-state index in [1.807, 2.05) is 72.6 Å². The second kappa shape index (κ2) is 7.80. The standard InChI is InChI=1S/C24H25N5O3/c1-16-9-6-7-12-18(16)29-19(17-10-4-3-5-11-17)15-28-20-21(25-23(28)29)26(2)24(32)27(22(20)31)13-8-14-30/h3-7,9-12,15,20-21,30H,8,13-14H2,1-2H3. The Bertz CT molecular complexity index is 1130. The zero-order chi connectivity index (χ0) is 22.4. The number of fused-ring (bicyclic) bond motifs is 3. The largest absolute Gasteiger partial charge is 0.396 e. The number of benzene rings is 2. The Morgan fingerprint density at radius 2 is 1.75 bits per heavy atom. The van der Waals surface area contributed by atoms with Gasteiger partial charge in [-0.2, -0.15) is 0 Å². The lowest BCUT2D eigenvalue weighted by Gasteiger charge is -2.40. The van der Waals surface area contributed by atoms with Crippen LogP contribution in [-0.2, 0) is 4.79 Å². The van der Waals surface area contributed by atoms with Crippen molar-refractivity contribution in [2.24, 2.45) is 4.99 Å². The third kappa shape index (κ3) is 2.98. The molecule has 0 radical (unpaired) electrons. The zero-order valence-corrected chi connectivity index (χ0v) is 18.0. The molecule has 0 spiro atoms.